The van der Waals surface area contributed by atoms with Gasteiger partial charge in [-0.2, -0.15) is 0 Å². The lowest BCUT2D eigenvalue weighted by atomic mass is 10.1. The number of hydrogen-bond acceptors (Lipinski definition) is 6. The van der Waals surface area contributed by atoms with E-state index in [1.54, 1.807) is 66.7 Å². The van der Waals surface area contributed by atoms with Crippen LogP contribution in [0.4, 0.5) is 17.1 Å². The zero-order valence-electron chi connectivity index (χ0n) is 20.9. The van der Waals surface area contributed by atoms with E-state index in [-0.39, 0.29) is 10.7 Å². The number of amides is 3. The highest BCUT2D eigenvalue weighted by molar-refractivity contribution is 6.53. The van der Waals surface area contributed by atoms with Crippen molar-refractivity contribution in [3.63, 3.8) is 0 Å². The van der Waals surface area contributed by atoms with Crippen molar-refractivity contribution < 1.29 is 23.9 Å². The van der Waals surface area contributed by atoms with Crippen LogP contribution in [-0.2, 0) is 14.3 Å². The van der Waals surface area contributed by atoms with Crippen molar-refractivity contribution in [3.8, 4) is 0 Å². The van der Waals surface area contributed by atoms with Gasteiger partial charge < -0.3 is 15.4 Å². The molecule has 0 aliphatic carbocycles. The summed E-state index contributed by atoms with van der Waals surface area (Å²) in [5.41, 5.74) is 2.93. The van der Waals surface area contributed by atoms with Crippen LogP contribution in [0.2, 0.25) is 0 Å². The molecule has 8 nitrogen and oxygen atoms in total. The molecule has 194 valence electrons. The van der Waals surface area contributed by atoms with E-state index in [0.29, 0.717) is 34.8 Å². The van der Waals surface area contributed by atoms with Crippen molar-refractivity contribution in [2.24, 2.45) is 0 Å². The Hall–Kier alpha value is -4.43. The molecule has 0 bridgehead atoms. The van der Waals surface area contributed by atoms with Crippen LogP contribution in [0.5, 0.6) is 0 Å². The number of esters is 1. The summed E-state index contributed by atoms with van der Waals surface area (Å²) in [6.45, 7) is 4.28. The smallest absolute Gasteiger partial charge is 0.338 e. The quantitative estimate of drug-likeness (QED) is 0.210. The molecule has 38 heavy (non-hydrogen) atoms. The van der Waals surface area contributed by atoms with Crippen molar-refractivity contribution in [1.29, 1.82) is 0 Å². The molecule has 0 atom stereocenters. The minimum absolute atomic E-state index is 0.0730. The molecule has 3 amide bonds. The average molecular weight is 532 g/mol. The SMILES string of the molecule is CCCCOC(=O)c1ccc(NC(=O)c2cccc(NC3=C(Cl)C(=O)N(c4ccc(C)cc4)C3=O)c2)cc1. The van der Waals surface area contributed by atoms with E-state index < -0.39 is 23.7 Å². The number of unbranched alkanes of at least 4 members (excludes halogenated alkanes) is 1. The largest absolute Gasteiger partial charge is 0.462 e. The standard InChI is InChI=1S/C29H26ClN3O5/c1-3-4-16-38-29(37)19-10-12-21(13-11-19)32-26(34)20-6-5-7-22(17-20)31-25-24(30)27(35)33(28(25)36)23-14-8-18(2)9-15-23/h5-15,17,31H,3-4,16H2,1-2H3,(H,32,34). The molecule has 1 aliphatic rings. The number of ether oxygens (including phenoxy) is 1. The molecular weight excluding hydrogens is 506 g/mol. The summed E-state index contributed by atoms with van der Waals surface area (Å²) in [5, 5.41) is 5.42. The van der Waals surface area contributed by atoms with Crippen LogP contribution < -0.4 is 15.5 Å². The summed E-state index contributed by atoms with van der Waals surface area (Å²) in [6, 6.07) is 19.8. The van der Waals surface area contributed by atoms with E-state index in [1.807, 2.05) is 13.8 Å². The molecule has 0 saturated heterocycles. The number of imide groups is 1. The Balaban J connectivity index is 1.43. The van der Waals surface area contributed by atoms with Crippen molar-refractivity contribution in [3.05, 3.63) is 100 Å². The van der Waals surface area contributed by atoms with Gasteiger partial charge >= 0.3 is 5.97 Å². The third kappa shape index (κ3) is 5.92. The third-order valence-electron chi connectivity index (χ3n) is 5.82. The summed E-state index contributed by atoms with van der Waals surface area (Å²) in [6.07, 6.45) is 1.73. The number of hydrogen-bond donors (Lipinski definition) is 2. The Kier molecular flexibility index (Phi) is 8.23. The van der Waals surface area contributed by atoms with Crippen molar-refractivity contribution in [2.45, 2.75) is 26.7 Å². The first-order valence-electron chi connectivity index (χ1n) is 12.1. The summed E-state index contributed by atoms with van der Waals surface area (Å²) in [4.78, 5) is 51.6. The molecule has 0 saturated carbocycles. The van der Waals surface area contributed by atoms with E-state index in [0.717, 1.165) is 23.3 Å². The molecule has 0 unspecified atom stereocenters. The molecule has 3 aromatic carbocycles. The monoisotopic (exact) mass is 531 g/mol. The Morgan fingerprint density at radius 3 is 2.29 bits per heavy atom. The number of nitrogens with one attached hydrogen (secondary N) is 2. The van der Waals surface area contributed by atoms with Crippen LogP contribution in [0.15, 0.2) is 83.5 Å². The minimum atomic E-state index is -0.630. The van der Waals surface area contributed by atoms with Crippen LogP contribution in [0.1, 0.15) is 46.0 Å². The lowest BCUT2D eigenvalue weighted by Gasteiger charge is -2.15. The number of halogens is 1. The third-order valence-corrected chi connectivity index (χ3v) is 6.17. The topological polar surface area (TPSA) is 105 Å². The molecular formula is C29H26ClN3O5. The summed E-state index contributed by atoms with van der Waals surface area (Å²) in [7, 11) is 0. The van der Waals surface area contributed by atoms with E-state index in [9.17, 15) is 19.2 Å². The maximum Gasteiger partial charge on any atom is 0.338 e. The minimum Gasteiger partial charge on any atom is -0.462 e. The van der Waals surface area contributed by atoms with Gasteiger partial charge in [-0.1, -0.05) is 48.7 Å². The fraction of sp³-hybridized carbons (Fsp3) is 0.172. The Morgan fingerprint density at radius 1 is 0.895 bits per heavy atom. The second kappa shape index (κ2) is 11.7. The van der Waals surface area contributed by atoms with Crippen LogP contribution in [0.25, 0.3) is 0 Å². The van der Waals surface area contributed by atoms with E-state index in [4.69, 9.17) is 16.3 Å². The van der Waals surface area contributed by atoms with Gasteiger partial charge in [0.2, 0.25) is 0 Å². The number of nitrogens with zero attached hydrogens (tertiary/aromatic N) is 1. The second-order valence-corrected chi connectivity index (χ2v) is 9.07. The zero-order chi connectivity index (χ0) is 27.2. The van der Waals surface area contributed by atoms with Gasteiger partial charge in [0.1, 0.15) is 10.7 Å². The summed E-state index contributed by atoms with van der Waals surface area (Å²) >= 11 is 6.22. The van der Waals surface area contributed by atoms with Gasteiger partial charge in [-0.3, -0.25) is 14.4 Å². The predicted octanol–water partition coefficient (Wildman–Crippen LogP) is 5.64. The van der Waals surface area contributed by atoms with Gasteiger partial charge in [0, 0.05) is 16.9 Å². The first kappa shape index (κ1) is 26.6. The van der Waals surface area contributed by atoms with E-state index in [1.165, 1.54) is 6.07 Å². The molecule has 0 aromatic heterocycles. The van der Waals surface area contributed by atoms with Crippen molar-refractivity contribution in [1.82, 2.24) is 0 Å². The summed E-state index contributed by atoms with van der Waals surface area (Å²) in [5.74, 6) is -2.03. The fourth-order valence-corrected chi connectivity index (χ4v) is 3.92. The van der Waals surface area contributed by atoms with Gasteiger partial charge in [0.05, 0.1) is 17.9 Å². The average Bonchev–Trinajstić information content (AvgIpc) is 3.13. The highest BCUT2D eigenvalue weighted by atomic mass is 35.5. The maximum absolute atomic E-state index is 13.0. The molecule has 1 aliphatic heterocycles. The van der Waals surface area contributed by atoms with Gasteiger partial charge in [0.25, 0.3) is 17.7 Å². The number of carbonyl (C=O) groups excluding carboxylic acids is 4. The van der Waals surface area contributed by atoms with Gasteiger partial charge in [0.15, 0.2) is 0 Å². The maximum atomic E-state index is 13.0. The van der Waals surface area contributed by atoms with Crippen LogP contribution in [0, 0.1) is 6.92 Å². The van der Waals surface area contributed by atoms with E-state index >= 15 is 0 Å². The number of aryl methyl sites for hydroxylation is 1. The second-order valence-electron chi connectivity index (χ2n) is 8.70. The van der Waals surface area contributed by atoms with Crippen LogP contribution in [0.3, 0.4) is 0 Å². The lowest BCUT2D eigenvalue weighted by Crippen LogP contribution is -2.32. The highest BCUT2D eigenvalue weighted by Crippen LogP contribution is 2.30. The Morgan fingerprint density at radius 2 is 1.61 bits per heavy atom. The lowest BCUT2D eigenvalue weighted by molar-refractivity contribution is -0.120. The van der Waals surface area contributed by atoms with Gasteiger partial charge in [-0.25, -0.2) is 9.69 Å². The molecule has 9 heteroatoms. The molecule has 0 fully saturated rings. The Bertz CT molecular complexity index is 1410. The molecule has 4 rings (SSSR count). The molecule has 1 heterocycles. The van der Waals surface area contributed by atoms with Crippen molar-refractivity contribution >= 4 is 52.4 Å². The molecule has 3 aromatic rings. The number of anilines is 3. The first-order chi connectivity index (χ1) is 18.3. The van der Waals surface area contributed by atoms with Gasteiger partial charge in [-0.05, 0) is 67.9 Å². The number of benzene rings is 3. The fourth-order valence-electron chi connectivity index (χ4n) is 3.71. The normalized spacial score (nSPS) is 13.1. The van der Waals surface area contributed by atoms with Crippen LogP contribution in [-0.4, -0.2) is 30.3 Å². The molecule has 0 radical (unpaired) electrons. The van der Waals surface area contributed by atoms with Gasteiger partial charge in [-0.15, -0.1) is 0 Å². The van der Waals surface area contributed by atoms with Crippen molar-refractivity contribution in [2.75, 3.05) is 22.1 Å². The van der Waals surface area contributed by atoms with Crippen LogP contribution >= 0.6 is 11.6 Å². The van der Waals surface area contributed by atoms with E-state index in [2.05, 4.69) is 10.6 Å². The molecule has 2 N–H and O–H groups in total. The highest BCUT2D eigenvalue weighted by Gasteiger charge is 2.38. The molecule has 0 spiro atoms. The zero-order valence-corrected chi connectivity index (χ0v) is 21.7. The number of carbonyl (C=O) groups is 4. The Labute approximate surface area is 225 Å². The number of rotatable bonds is 9. The first-order valence-corrected chi connectivity index (χ1v) is 12.5. The summed E-state index contributed by atoms with van der Waals surface area (Å²) < 4.78 is 5.19. The predicted molar refractivity (Wildman–Crippen MR) is 146 cm³/mol.